The average Bonchev–Trinajstić information content (AvgIpc) is 2.23. The Hall–Kier alpha value is -0.500. The Balaban J connectivity index is 4.76. The van der Waals surface area contributed by atoms with E-state index in [0.29, 0.717) is 11.8 Å². The molecule has 0 aromatic heterocycles. The van der Waals surface area contributed by atoms with Crippen LogP contribution in [0.2, 0.25) is 0 Å². The van der Waals surface area contributed by atoms with Gasteiger partial charge in [-0.25, -0.2) is 0 Å². The fourth-order valence-electron chi connectivity index (χ4n) is 1.23. The smallest absolute Gasteiger partial charge is 0.0422 e. The van der Waals surface area contributed by atoms with Gasteiger partial charge < -0.3 is 0 Å². The molecular weight excluding hydrogens is 202 g/mol. The highest BCUT2D eigenvalue weighted by atomic mass is 32.2. The van der Waals surface area contributed by atoms with Crippen molar-refractivity contribution in [1.29, 1.82) is 0 Å². The molecule has 0 heterocycles. The van der Waals surface area contributed by atoms with Crippen LogP contribution in [0.25, 0.3) is 0 Å². The highest BCUT2D eigenvalue weighted by Crippen LogP contribution is 2.25. The Kier molecular flexibility index (Phi) is 7.49. The summed E-state index contributed by atoms with van der Waals surface area (Å²) in [5, 5.41) is 0. The largest absolute Gasteiger partial charge is 0.269 e. The molecule has 0 saturated carbocycles. The van der Waals surface area contributed by atoms with Gasteiger partial charge in [-0.15, -0.1) is 11.8 Å². The predicted molar refractivity (Wildman–Crippen MR) is 73.5 cm³/mol. The lowest BCUT2D eigenvalue weighted by Crippen LogP contribution is -1.94. The van der Waals surface area contributed by atoms with Gasteiger partial charge in [-0.3, -0.25) is 4.99 Å². The van der Waals surface area contributed by atoms with Crippen molar-refractivity contribution in [3.05, 3.63) is 22.8 Å². The fourth-order valence-corrected chi connectivity index (χ4v) is 2.00. The zero-order chi connectivity index (χ0) is 11.8. The van der Waals surface area contributed by atoms with Crippen molar-refractivity contribution < 1.29 is 0 Å². The topological polar surface area (TPSA) is 12.4 Å². The van der Waals surface area contributed by atoms with Gasteiger partial charge in [0, 0.05) is 5.70 Å². The SMILES string of the molecule is C=N/C(=C\C=C(\SC)C(C)CC)C(C)C. The molecule has 0 saturated heterocycles. The van der Waals surface area contributed by atoms with Crippen molar-refractivity contribution in [2.45, 2.75) is 34.1 Å². The first-order valence-corrected chi connectivity index (χ1v) is 6.71. The second kappa shape index (κ2) is 7.75. The molecule has 15 heavy (non-hydrogen) atoms. The summed E-state index contributed by atoms with van der Waals surface area (Å²) in [5.41, 5.74) is 1.06. The summed E-state index contributed by atoms with van der Waals surface area (Å²) in [7, 11) is 0. The van der Waals surface area contributed by atoms with Crippen LogP contribution in [-0.2, 0) is 0 Å². The maximum atomic E-state index is 4.04. The van der Waals surface area contributed by atoms with E-state index in [4.69, 9.17) is 0 Å². The molecule has 1 unspecified atom stereocenters. The molecule has 1 atom stereocenters. The molecule has 0 aromatic rings. The zero-order valence-corrected chi connectivity index (χ0v) is 11.4. The van der Waals surface area contributed by atoms with Crippen molar-refractivity contribution in [2.75, 3.05) is 6.26 Å². The lowest BCUT2D eigenvalue weighted by atomic mass is 10.1. The lowest BCUT2D eigenvalue weighted by Gasteiger charge is -2.11. The molecule has 0 N–H and O–H groups in total. The van der Waals surface area contributed by atoms with E-state index in [1.807, 2.05) is 11.8 Å². The van der Waals surface area contributed by atoms with Crippen molar-refractivity contribution >= 4 is 18.5 Å². The highest BCUT2D eigenvalue weighted by Gasteiger charge is 2.04. The third-order valence-electron chi connectivity index (χ3n) is 2.53. The summed E-state index contributed by atoms with van der Waals surface area (Å²) >= 11 is 1.82. The van der Waals surface area contributed by atoms with E-state index in [0.717, 1.165) is 5.70 Å². The van der Waals surface area contributed by atoms with E-state index in [1.54, 1.807) is 0 Å². The maximum Gasteiger partial charge on any atom is 0.0422 e. The molecule has 0 aliphatic rings. The predicted octanol–water partition coefficient (Wildman–Crippen LogP) is 4.52. The third-order valence-corrected chi connectivity index (χ3v) is 3.54. The number of aliphatic imine (C=N–C) groups is 1. The number of nitrogens with zero attached hydrogens (tertiary/aromatic N) is 1. The molecule has 0 spiro atoms. The van der Waals surface area contributed by atoms with Crippen molar-refractivity contribution in [3.63, 3.8) is 0 Å². The van der Waals surface area contributed by atoms with Gasteiger partial charge >= 0.3 is 0 Å². The minimum absolute atomic E-state index is 0.443. The molecule has 0 aliphatic carbocycles. The number of allylic oxidation sites excluding steroid dienone is 4. The number of hydrogen-bond donors (Lipinski definition) is 0. The van der Waals surface area contributed by atoms with Crippen LogP contribution in [0, 0.1) is 11.8 Å². The van der Waals surface area contributed by atoms with Gasteiger partial charge in [0.05, 0.1) is 0 Å². The molecule has 0 aromatic carbocycles. The second-order valence-corrected chi connectivity index (χ2v) is 4.87. The van der Waals surface area contributed by atoms with Gasteiger partial charge in [0.2, 0.25) is 0 Å². The first-order chi connectivity index (χ1) is 7.06. The Morgan fingerprint density at radius 2 is 1.93 bits per heavy atom. The first-order valence-electron chi connectivity index (χ1n) is 5.49. The van der Waals surface area contributed by atoms with Crippen LogP contribution < -0.4 is 0 Å². The number of rotatable bonds is 6. The van der Waals surface area contributed by atoms with Crippen LogP contribution >= 0.6 is 11.8 Å². The third kappa shape index (κ3) is 5.22. The Morgan fingerprint density at radius 1 is 1.33 bits per heavy atom. The van der Waals surface area contributed by atoms with Gasteiger partial charge in [0.1, 0.15) is 0 Å². The molecular formula is C13H23NS. The lowest BCUT2D eigenvalue weighted by molar-refractivity contribution is 0.687. The summed E-state index contributed by atoms with van der Waals surface area (Å²) < 4.78 is 0. The summed E-state index contributed by atoms with van der Waals surface area (Å²) in [5.74, 6) is 1.08. The van der Waals surface area contributed by atoms with E-state index in [2.05, 4.69) is 57.8 Å². The van der Waals surface area contributed by atoms with E-state index in [1.165, 1.54) is 11.3 Å². The molecule has 0 rings (SSSR count). The molecule has 0 radical (unpaired) electrons. The first kappa shape index (κ1) is 14.5. The zero-order valence-electron chi connectivity index (χ0n) is 10.6. The van der Waals surface area contributed by atoms with Gasteiger partial charge in [-0.05, 0) is 42.2 Å². The van der Waals surface area contributed by atoms with Crippen LogP contribution in [0.1, 0.15) is 34.1 Å². The molecule has 86 valence electrons. The van der Waals surface area contributed by atoms with Gasteiger partial charge in [-0.1, -0.05) is 33.8 Å². The minimum Gasteiger partial charge on any atom is -0.269 e. The molecule has 0 amide bonds. The van der Waals surface area contributed by atoms with Crippen LogP contribution in [0.3, 0.4) is 0 Å². The van der Waals surface area contributed by atoms with Crippen LogP contribution in [0.4, 0.5) is 0 Å². The molecule has 2 heteroatoms. The van der Waals surface area contributed by atoms with Crippen LogP contribution in [0.15, 0.2) is 27.7 Å². The van der Waals surface area contributed by atoms with E-state index in [9.17, 15) is 0 Å². The van der Waals surface area contributed by atoms with Crippen molar-refractivity contribution in [1.82, 2.24) is 0 Å². The van der Waals surface area contributed by atoms with Gasteiger partial charge in [0.25, 0.3) is 0 Å². The fraction of sp³-hybridized carbons (Fsp3) is 0.615. The van der Waals surface area contributed by atoms with Gasteiger partial charge in [0.15, 0.2) is 0 Å². The van der Waals surface area contributed by atoms with Crippen molar-refractivity contribution in [3.8, 4) is 0 Å². The summed E-state index contributed by atoms with van der Waals surface area (Å²) in [4.78, 5) is 5.45. The van der Waals surface area contributed by atoms with E-state index >= 15 is 0 Å². The van der Waals surface area contributed by atoms with Gasteiger partial charge in [-0.2, -0.15) is 0 Å². The quantitative estimate of drug-likeness (QED) is 0.478. The monoisotopic (exact) mass is 225 g/mol. The normalized spacial score (nSPS) is 15.6. The Labute approximate surface area is 98.8 Å². The standard InChI is InChI=1S/C13H23NS/c1-7-11(4)13(15-6)9-8-12(14-5)10(2)3/h8-11H,5,7H2,1-4,6H3/b12-8-,13-9+. The summed E-state index contributed by atoms with van der Waals surface area (Å²) in [6.45, 7) is 12.3. The van der Waals surface area contributed by atoms with Crippen LogP contribution in [0.5, 0.6) is 0 Å². The average molecular weight is 225 g/mol. The molecule has 0 bridgehead atoms. The number of thioether (sulfide) groups is 1. The number of hydrogen-bond acceptors (Lipinski definition) is 2. The second-order valence-electron chi connectivity index (χ2n) is 3.99. The van der Waals surface area contributed by atoms with Crippen LogP contribution in [-0.4, -0.2) is 13.0 Å². The van der Waals surface area contributed by atoms with E-state index in [-0.39, 0.29) is 0 Å². The molecule has 1 nitrogen and oxygen atoms in total. The minimum atomic E-state index is 0.443. The molecule has 0 fully saturated rings. The van der Waals surface area contributed by atoms with E-state index < -0.39 is 0 Å². The maximum absolute atomic E-state index is 4.04. The highest BCUT2D eigenvalue weighted by molar-refractivity contribution is 8.02. The Morgan fingerprint density at radius 3 is 2.27 bits per heavy atom. The van der Waals surface area contributed by atoms with Crippen molar-refractivity contribution in [2.24, 2.45) is 16.8 Å². The Bertz CT molecular complexity index is 251. The summed E-state index contributed by atoms with van der Waals surface area (Å²) in [6.07, 6.45) is 7.58. The summed E-state index contributed by atoms with van der Waals surface area (Å²) in [6, 6.07) is 0. The molecule has 0 aliphatic heterocycles.